The van der Waals surface area contributed by atoms with Gasteiger partial charge in [0, 0.05) is 24.8 Å². The van der Waals surface area contributed by atoms with Crippen LogP contribution < -0.4 is 14.9 Å². The summed E-state index contributed by atoms with van der Waals surface area (Å²) in [4.78, 5) is 17.7. The maximum absolute atomic E-state index is 11.9. The van der Waals surface area contributed by atoms with E-state index in [1.807, 2.05) is 12.1 Å². The molecular formula is C18H19N5O4S2. The summed E-state index contributed by atoms with van der Waals surface area (Å²) in [5.41, 5.74) is 1.45. The van der Waals surface area contributed by atoms with Crippen LogP contribution in [0.5, 0.6) is 0 Å². The van der Waals surface area contributed by atoms with Gasteiger partial charge < -0.3 is 10.2 Å². The molecule has 0 saturated carbocycles. The van der Waals surface area contributed by atoms with Gasteiger partial charge in [-0.1, -0.05) is 11.3 Å². The molecule has 152 valence electrons. The molecule has 1 aromatic heterocycles. The first-order valence-corrected chi connectivity index (χ1v) is 11.3. The molecule has 1 fully saturated rings. The second-order valence-corrected chi connectivity index (χ2v) is 9.54. The number of fused-ring (bicyclic) bond motifs is 1. The molecule has 2 heterocycles. The highest BCUT2D eigenvalue weighted by Crippen LogP contribution is 2.35. The Morgan fingerprint density at radius 2 is 1.93 bits per heavy atom. The number of nitrogens with zero attached hydrogens (tertiary/aromatic N) is 3. The normalized spacial score (nSPS) is 14.4. The van der Waals surface area contributed by atoms with Gasteiger partial charge in [-0.3, -0.25) is 10.1 Å². The zero-order valence-corrected chi connectivity index (χ0v) is 17.2. The number of hydrogen-bond donors (Lipinski definition) is 2. The van der Waals surface area contributed by atoms with Gasteiger partial charge in [-0.25, -0.2) is 18.1 Å². The highest BCUT2D eigenvalue weighted by molar-refractivity contribution is 7.89. The molecule has 1 saturated heterocycles. The van der Waals surface area contributed by atoms with Gasteiger partial charge in [0.2, 0.25) is 10.0 Å². The Bertz CT molecular complexity index is 1190. The largest absolute Gasteiger partial charge is 0.350 e. The molecule has 29 heavy (non-hydrogen) atoms. The highest BCUT2D eigenvalue weighted by atomic mass is 32.2. The molecule has 3 aromatic rings. The van der Waals surface area contributed by atoms with Crippen LogP contribution in [0, 0.1) is 10.1 Å². The smallest absolute Gasteiger partial charge is 0.294 e. The van der Waals surface area contributed by atoms with Crippen molar-refractivity contribution >= 4 is 53.8 Å². The fraction of sp³-hybridized carbons (Fsp3) is 0.278. The minimum absolute atomic E-state index is 0.162. The molecule has 0 aliphatic carbocycles. The summed E-state index contributed by atoms with van der Waals surface area (Å²) in [5, 5.41) is 15.5. The first kappa shape index (κ1) is 19.6. The van der Waals surface area contributed by atoms with E-state index in [0.29, 0.717) is 5.69 Å². The summed E-state index contributed by atoms with van der Waals surface area (Å²) in [7, 11) is -2.51. The maximum atomic E-state index is 11.9. The number of nitro groups is 1. The molecule has 0 spiro atoms. The zero-order chi connectivity index (χ0) is 20.6. The standard InChI is InChI=1S/C18H19N5O4S2/c1-19-29(26,27)13-5-7-14(16(11-13)23(24)25)20-12-4-6-15-17(10-12)28-18(21-15)22-8-2-3-9-22/h4-7,10-11,19-20H,2-3,8-9H2,1H3. The first-order valence-electron chi connectivity index (χ1n) is 9.02. The Hall–Kier alpha value is -2.76. The number of nitrogens with one attached hydrogen (secondary N) is 2. The molecule has 2 aromatic carbocycles. The number of aromatic nitrogens is 1. The van der Waals surface area contributed by atoms with E-state index < -0.39 is 14.9 Å². The van der Waals surface area contributed by atoms with Crippen molar-refractivity contribution in [3.05, 3.63) is 46.5 Å². The van der Waals surface area contributed by atoms with Crippen LogP contribution in [0.3, 0.4) is 0 Å². The molecule has 1 aliphatic rings. The third-order valence-corrected chi connectivity index (χ3v) is 7.27. The summed E-state index contributed by atoms with van der Waals surface area (Å²) in [5.74, 6) is 0. The summed E-state index contributed by atoms with van der Waals surface area (Å²) in [6.45, 7) is 2.03. The van der Waals surface area contributed by atoms with Crippen LogP contribution in [-0.4, -0.2) is 38.5 Å². The Morgan fingerprint density at radius 3 is 2.62 bits per heavy atom. The molecule has 0 radical (unpaired) electrons. The molecule has 11 heteroatoms. The molecule has 0 bridgehead atoms. The Balaban J connectivity index is 1.66. The molecule has 0 unspecified atom stereocenters. The third kappa shape index (κ3) is 3.88. The Morgan fingerprint density at radius 1 is 1.17 bits per heavy atom. The van der Waals surface area contributed by atoms with Gasteiger partial charge in [-0.05, 0) is 50.2 Å². The fourth-order valence-electron chi connectivity index (χ4n) is 3.24. The molecular weight excluding hydrogens is 414 g/mol. The van der Waals surface area contributed by atoms with Crippen LogP contribution in [0.4, 0.5) is 22.2 Å². The average Bonchev–Trinajstić information content (AvgIpc) is 3.37. The van der Waals surface area contributed by atoms with E-state index in [1.165, 1.54) is 32.0 Å². The number of hydrogen-bond acceptors (Lipinski definition) is 8. The van der Waals surface area contributed by atoms with E-state index in [-0.39, 0.29) is 16.3 Å². The maximum Gasteiger partial charge on any atom is 0.294 e. The van der Waals surface area contributed by atoms with Crippen LogP contribution in [0.2, 0.25) is 0 Å². The minimum atomic E-state index is -3.77. The zero-order valence-electron chi connectivity index (χ0n) is 15.6. The lowest BCUT2D eigenvalue weighted by atomic mass is 10.2. The lowest BCUT2D eigenvalue weighted by Crippen LogP contribution is -2.18. The van der Waals surface area contributed by atoms with Gasteiger partial charge >= 0.3 is 0 Å². The van der Waals surface area contributed by atoms with E-state index in [4.69, 9.17) is 0 Å². The van der Waals surface area contributed by atoms with Gasteiger partial charge in [0.15, 0.2) is 5.13 Å². The lowest BCUT2D eigenvalue weighted by Gasteiger charge is -2.11. The van der Waals surface area contributed by atoms with Crippen molar-refractivity contribution < 1.29 is 13.3 Å². The number of anilines is 3. The number of benzene rings is 2. The van der Waals surface area contributed by atoms with Crippen molar-refractivity contribution in [2.24, 2.45) is 0 Å². The topological polar surface area (TPSA) is 117 Å². The predicted molar refractivity (Wildman–Crippen MR) is 114 cm³/mol. The van der Waals surface area contributed by atoms with Crippen LogP contribution in [0.1, 0.15) is 12.8 Å². The third-order valence-electron chi connectivity index (χ3n) is 4.78. The van der Waals surface area contributed by atoms with Gasteiger partial charge in [0.25, 0.3) is 5.69 Å². The van der Waals surface area contributed by atoms with Gasteiger partial charge in [0.05, 0.1) is 20.0 Å². The molecule has 1 aliphatic heterocycles. The second kappa shape index (κ2) is 7.58. The average molecular weight is 434 g/mol. The fourth-order valence-corrected chi connectivity index (χ4v) is 5.05. The molecule has 0 amide bonds. The number of thiazole rings is 1. The molecule has 2 N–H and O–H groups in total. The van der Waals surface area contributed by atoms with Crippen LogP contribution >= 0.6 is 11.3 Å². The summed E-state index contributed by atoms with van der Waals surface area (Å²) in [6, 6.07) is 9.35. The van der Waals surface area contributed by atoms with E-state index in [0.717, 1.165) is 34.5 Å². The Kier molecular flexibility index (Phi) is 5.11. The first-order chi connectivity index (χ1) is 13.9. The summed E-state index contributed by atoms with van der Waals surface area (Å²) in [6.07, 6.45) is 2.34. The molecule has 9 nitrogen and oxygen atoms in total. The van der Waals surface area contributed by atoms with Crippen molar-refractivity contribution in [1.82, 2.24) is 9.71 Å². The van der Waals surface area contributed by atoms with Gasteiger partial charge in [-0.2, -0.15) is 0 Å². The highest BCUT2D eigenvalue weighted by Gasteiger charge is 2.21. The summed E-state index contributed by atoms with van der Waals surface area (Å²) < 4.78 is 27.0. The van der Waals surface area contributed by atoms with Crippen molar-refractivity contribution in [2.75, 3.05) is 30.4 Å². The van der Waals surface area contributed by atoms with Crippen molar-refractivity contribution in [2.45, 2.75) is 17.7 Å². The minimum Gasteiger partial charge on any atom is -0.350 e. The lowest BCUT2D eigenvalue weighted by molar-refractivity contribution is -0.384. The van der Waals surface area contributed by atoms with Gasteiger partial charge in [-0.15, -0.1) is 0 Å². The molecule has 4 rings (SSSR count). The number of sulfonamides is 1. The van der Waals surface area contributed by atoms with Crippen LogP contribution in [0.25, 0.3) is 10.2 Å². The van der Waals surface area contributed by atoms with E-state index in [1.54, 1.807) is 17.4 Å². The summed E-state index contributed by atoms with van der Waals surface area (Å²) >= 11 is 1.59. The van der Waals surface area contributed by atoms with E-state index in [9.17, 15) is 18.5 Å². The Labute approximate surface area is 171 Å². The van der Waals surface area contributed by atoms with E-state index in [2.05, 4.69) is 19.9 Å². The van der Waals surface area contributed by atoms with Crippen LogP contribution in [0.15, 0.2) is 41.3 Å². The van der Waals surface area contributed by atoms with Gasteiger partial charge in [0.1, 0.15) is 5.69 Å². The van der Waals surface area contributed by atoms with Crippen molar-refractivity contribution in [3.63, 3.8) is 0 Å². The monoisotopic (exact) mass is 433 g/mol. The quantitative estimate of drug-likeness (QED) is 0.451. The second-order valence-electron chi connectivity index (χ2n) is 6.64. The molecule has 0 atom stereocenters. The number of nitro benzene ring substituents is 1. The van der Waals surface area contributed by atoms with Crippen molar-refractivity contribution in [3.8, 4) is 0 Å². The van der Waals surface area contributed by atoms with Crippen molar-refractivity contribution in [1.29, 1.82) is 0 Å². The predicted octanol–water partition coefficient (Wildman–Crippen LogP) is 3.46. The SMILES string of the molecule is CNS(=O)(=O)c1ccc(Nc2ccc3nc(N4CCCC4)sc3c2)c([N+](=O)[O-])c1. The van der Waals surface area contributed by atoms with Crippen LogP contribution in [-0.2, 0) is 10.0 Å². The number of rotatable bonds is 6. The van der Waals surface area contributed by atoms with E-state index >= 15 is 0 Å².